The van der Waals surface area contributed by atoms with Crippen LogP contribution >= 0.6 is 0 Å². The maximum absolute atomic E-state index is 12.8. The SMILES string of the molecule is CCS(=O)(=O)N(C/C=C/c1cccc(C(N)=O)c1)c1ccc(OC2CCN(C(C)=N)CC2)cc1. The number of hydrogen-bond acceptors (Lipinski definition) is 5. The van der Waals surface area contributed by atoms with Crippen molar-refractivity contribution in [2.45, 2.75) is 32.8 Å². The number of hydrogen-bond donors (Lipinski definition) is 2. The molecule has 0 aliphatic carbocycles. The Morgan fingerprint density at radius 2 is 1.88 bits per heavy atom. The lowest BCUT2D eigenvalue weighted by Crippen LogP contribution is -2.40. The Kier molecular flexibility index (Phi) is 8.33. The van der Waals surface area contributed by atoms with Crippen LogP contribution in [0, 0.1) is 5.41 Å². The van der Waals surface area contributed by atoms with Gasteiger partial charge in [-0.2, -0.15) is 0 Å². The predicted molar refractivity (Wildman–Crippen MR) is 136 cm³/mol. The highest BCUT2D eigenvalue weighted by molar-refractivity contribution is 7.92. The van der Waals surface area contributed by atoms with Crippen LogP contribution < -0.4 is 14.8 Å². The molecule has 1 aliphatic heterocycles. The van der Waals surface area contributed by atoms with Crippen molar-refractivity contribution < 1.29 is 17.9 Å². The second-order valence-electron chi connectivity index (χ2n) is 8.21. The zero-order chi connectivity index (χ0) is 24.7. The number of anilines is 1. The fourth-order valence-electron chi connectivity index (χ4n) is 3.81. The molecule has 1 aliphatic rings. The van der Waals surface area contributed by atoms with E-state index in [1.165, 1.54) is 4.31 Å². The largest absolute Gasteiger partial charge is 0.490 e. The zero-order valence-corrected chi connectivity index (χ0v) is 20.4. The summed E-state index contributed by atoms with van der Waals surface area (Å²) in [6.07, 6.45) is 5.28. The number of carbonyl (C=O) groups is 1. The van der Waals surface area contributed by atoms with Gasteiger partial charge in [0.05, 0.1) is 23.8 Å². The number of piperidine rings is 1. The number of likely N-dealkylation sites (tertiary alicyclic amines) is 1. The van der Waals surface area contributed by atoms with Crippen molar-refractivity contribution in [2.75, 3.05) is 29.7 Å². The molecule has 0 unspecified atom stereocenters. The first-order valence-corrected chi connectivity index (χ1v) is 12.9. The van der Waals surface area contributed by atoms with Crippen LogP contribution in [0.5, 0.6) is 5.75 Å². The third kappa shape index (κ3) is 6.60. The molecule has 1 amide bonds. The summed E-state index contributed by atoms with van der Waals surface area (Å²) in [5, 5.41) is 7.74. The number of carbonyl (C=O) groups excluding carboxylic acids is 1. The van der Waals surface area contributed by atoms with E-state index in [-0.39, 0.29) is 18.4 Å². The van der Waals surface area contributed by atoms with Crippen LogP contribution in [-0.2, 0) is 10.0 Å². The molecule has 1 heterocycles. The number of rotatable bonds is 9. The van der Waals surface area contributed by atoms with Crippen molar-refractivity contribution >= 4 is 33.5 Å². The minimum atomic E-state index is -3.50. The van der Waals surface area contributed by atoms with E-state index in [1.807, 2.05) is 11.0 Å². The van der Waals surface area contributed by atoms with Crippen LogP contribution in [0.15, 0.2) is 54.6 Å². The van der Waals surface area contributed by atoms with Crippen molar-refractivity contribution in [3.05, 3.63) is 65.7 Å². The number of benzene rings is 2. The molecule has 3 N–H and O–H groups in total. The van der Waals surface area contributed by atoms with Crippen molar-refractivity contribution in [3.63, 3.8) is 0 Å². The summed E-state index contributed by atoms with van der Waals surface area (Å²) in [5.74, 6) is 0.737. The van der Waals surface area contributed by atoms with Gasteiger partial charge >= 0.3 is 0 Å². The van der Waals surface area contributed by atoms with Gasteiger partial charge in [-0.25, -0.2) is 8.42 Å². The second-order valence-corrected chi connectivity index (χ2v) is 10.4. The van der Waals surface area contributed by atoms with E-state index in [9.17, 15) is 13.2 Å². The van der Waals surface area contributed by atoms with E-state index in [0.717, 1.165) is 31.5 Å². The monoisotopic (exact) mass is 484 g/mol. The molecule has 2 aromatic rings. The highest BCUT2D eigenvalue weighted by atomic mass is 32.2. The van der Waals surface area contributed by atoms with E-state index in [2.05, 4.69) is 0 Å². The summed E-state index contributed by atoms with van der Waals surface area (Å²) in [4.78, 5) is 13.4. The summed E-state index contributed by atoms with van der Waals surface area (Å²) >= 11 is 0. The van der Waals surface area contributed by atoms with Crippen LogP contribution in [0.4, 0.5) is 5.69 Å². The van der Waals surface area contributed by atoms with Crippen LogP contribution in [0.1, 0.15) is 42.6 Å². The van der Waals surface area contributed by atoms with Crippen molar-refractivity contribution in [3.8, 4) is 5.75 Å². The van der Waals surface area contributed by atoms with Crippen LogP contribution in [0.25, 0.3) is 6.08 Å². The average molecular weight is 485 g/mol. The highest BCUT2D eigenvalue weighted by Gasteiger charge is 2.22. The first-order valence-electron chi connectivity index (χ1n) is 11.3. The highest BCUT2D eigenvalue weighted by Crippen LogP contribution is 2.25. The number of sulfonamides is 1. The third-order valence-electron chi connectivity index (χ3n) is 5.80. The molecule has 0 spiro atoms. The van der Waals surface area contributed by atoms with Gasteiger partial charge < -0.3 is 15.4 Å². The number of ether oxygens (including phenoxy) is 1. The van der Waals surface area contributed by atoms with Crippen LogP contribution in [0.3, 0.4) is 0 Å². The number of nitrogens with two attached hydrogens (primary N) is 1. The molecule has 1 saturated heterocycles. The maximum atomic E-state index is 12.8. The van der Waals surface area contributed by atoms with Gasteiger partial charge in [0.25, 0.3) is 0 Å². The smallest absolute Gasteiger partial charge is 0.248 e. The number of nitrogens with one attached hydrogen (secondary N) is 1. The summed E-state index contributed by atoms with van der Waals surface area (Å²) in [5.41, 5.74) is 7.04. The third-order valence-corrected chi connectivity index (χ3v) is 7.56. The predicted octanol–water partition coefficient (Wildman–Crippen LogP) is 3.50. The van der Waals surface area contributed by atoms with E-state index < -0.39 is 15.9 Å². The molecule has 3 rings (SSSR count). The number of amides is 1. The quantitative estimate of drug-likeness (QED) is 0.417. The van der Waals surface area contributed by atoms with Crippen molar-refractivity contribution in [1.82, 2.24) is 4.90 Å². The van der Waals surface area contributed by atoms with E-state index in [1.54, 1.807) is 68.5 Å². The minimum Gasteiger partial charge on any atom is -0.490 e. The summed E-state index contributed by atoms with van der Waals surface area (Å²) in [6, 6.07) is 13.9. The summed E-state index contributed by atoms with van der Waals surface area (Å²) in [6.45, 7) is 5.16. The lowest BCUT2D eigenvalue weighted by molar-refractivity contribution is 0.1000. The number of primary amides is 1. The molecule has 1 fully saturated rings. The van der Waals surface area contributed by atoms with Crippen molar-refractivity contribution in [2.24, 2.45) is 5.73 Å². The van der Waals surface area contributed by atoms with Gasteiger partial charge in [0.2, 0.25) is 15.9 Å². The number of nitrogens with zero attached hydrogens (tertiary/aromatic N) is 2. The topological polar surface area (TPSA) is 117 Å². The first kappa shape index (κ1) is 25.3. The molecule has 34 heavy (non-hydrogen) atoms. The van der Waals surface area contributed by atoms with Gasteiger partial charge in [-0.1, -0.05) is 24.3 Å². The molecule has 0 saturated carbocycles. The van der Waals surface area contributed by atoms with Crippen LogP contribution in [-0.4, -0.2) is 56.6 Å². The maximum Gasteiger partial charge on any atom is 0.248 e. The number of amidine groups is 1. The fourth-order valence-corrected chi connectivity index (χ4v) is 4.88. The summed E-state index contributed by atoms with van der Waals surface area (Å²) < 4.78 is 32.9. The zero-order valence-electron chi connectivity index (χ0n) is 19.6. The Morgan fingerprint density at radius 1 is 1.21 bits per heavy atom. The Balaban J connectivity index is 1.69. The molecule has 0 aromatic heterocycles. The van der Waals surface area contributed by atoms with Crippen LogP contribution in [0.2, 0.25) is 0 Å². The average Bonchev–Trinajstić information content (AvgIpc) is 2.83. The van der Waals surface area contributed by atoms with Gasteiger partial charge in [0.1, 0.15) is 11.9 Å². The molecule has 0 atom stereocenters. The first-order chi connectivity index (χ1) is 16.2. The molecule has 0 bridgehead atoms. The molecule has 8 nitrogen and oxygen atoms in total. The Hall–Kier alpha value is -3.33. The standard InChI is InChI=1S/C25H32N4O4S/c1-3-34(31,32)29(15-5-7-20-6-4-8-21(18-20)25(27)30)22-9-11-23(12-10-22)33-24-13-16-28(17-14-24)19(2)26/h4-12,18,24,26H,3,13-17H2,1-2H3,(H2,27,30)/b7-5+,26-19?. The summed E-state index contributed by atoms with van der Waals surface area (Å²) in [7, 11) is -3.50. The Labute approximate surface area is 201 Å². The molecule has 182 valence electrons. The normalized spacial score (nSPS) is 14.8. The van der Waals surface area contributed by atoms with Gasteiger partial charge in [0.15, 0.2) is 0 Å². The fraction of sp³-hybridized carbons (Fsp3) is 0.360. The minimum absolute atomic E-state index is 0.0265. The molecule has 2 aromatic carbocycles. The lowest BCUT2D eigenvalue weighted by Gasteiger charge is -2.32. The van der Waals surface area contributed by atoms with E-state index in [0.29, 0.717) is 22.8 Å². The molecule has 0 radical (unpaired) electrons. The van der Waals surface area contributed by atoms with Gasteiger partial charge in [-0.3, -0.25) is 14.5 Å². The Morgan fingerprint density at radius 3 is 2.47 bits per heavy atom. The van der Waals surface area contributed by atoms with Gasteiger partial charge in [-0.05, 0) is 55.8 Å². The van der Waals surface area contributed by atoms with Gasteiger partial charge in [-0.15, -0.1) is 0 Å². The lowest BCUT2D eigenvalue weighted by atomic mass is 10.1. The van der Waals surface area contributed by atoms with E-state index >= 15 is 0 Å². The van der Waals surface area contributed by atoms with Gasteiger partial charge in [0, 0.05) is 31.5 Å². The molecular formula is C25H32N4O4S. The van der Waals surface area contributed by atoms with E-state index in [4.69, 9.17) is 15.9 Å². The Bertz CT molecular complexity index is 1140. The second kappa shape index (κ2) is 11.2. The molecule has 9 heteroatoms. The van der Waals surface area contributed by atoms with Crippen molar-refractivity contribution in [1.29, 1.82) is 5.41 Å². The molecular weight excluding hydrogens is 452 g/mol.